The first-order valence-corrected chi connectivity index (χ1v) is 8.00. The van der Waals surface area contributed by atoms with Crippen LogP contribution in [0, 0.1) is 5.82 Å². The van der Waals surface area contributed by atoms with Crippen molar-refractivity contribution in [1.82, 2.24) is 9.62 Å². The minimum Gasteiger partial charge on any atom is -0.316 e. The van der Waals surface area contributed by atoms with E-state index in [0.717, 1.165) is 18.9 Å². The molecule has 0 unspecified atom stereocenters. The highest BCUT2D eigenvalue weighted by molar-refractivity contribution is 7.89. The molecule has 0 radical (unpaired) electrons. The zero-order valence-corrected chi connectivity index (χ0v) is 12.3. The molecule has 0 atom stereocenters. The highest BCUT2D eigenvalue weighted by atomic mass is 32.2. The van der Waals surface area contributed by atoms with Gasteiger partial charge in [-0.1, -0.05) is 12.1 Å². The second kappa shape index (κ2) is 6.03. The third kappa shape index (κ3) is 3.08. The van der Waals surface area contributed by atoms with Crippen molar-refractivity contribution >= 4 is 10.0 Å². The average Bonchev–Trinajstić information content (AvgIpc) is 3.22. The lowest BCUT2D eigenvalue weighted by atomic mass is 10.2. The monoisotopic (exact) mass is 298 g/mol. The molecule has 1 fully saturated rings. The molecule has 0 aliphatic heterocycles. The Morgan fingerprint density at radius 3 is 2.75 bits per heavy atom. The van der Waals surface area contributed by atoms with Gasteiger partial charge in [0.15, 0.2) is 0 Å². The SMILES string of the molecule is C=CCN(C1CC1)S(=O)(=O)c1cc(F)ccc1CNC. The highest BCUT2D eigenvalue weighted by Crippen LogP contribution is 2.33. The summed E-state index contributed by atoms with van der Waals surface area (Å²) in [6, 6.07) is 3.91. The van der Waals surface area contributed by atoms with E-state index >= 15 is 0 Å². The van der Waals surface area contributed by atoms with Gasteiger partial charge < -0.3 is 5.32 Å². The molecule has 0 spiro atoms. The van der Waals surface area contributed by atoms with Crippen molar-refractivity contribution in [2.45, 2.75) is 30.3 Å². The summed E-state index contributed by atoms with van der Waals surface area (Å²) in [6.45, 7) is 4.23. The fraction of sp³-hybridized carbons (Fsp3) is 0.429. The van der Waals surface area contributed by atoms with E-state index in [1.54, 1.807) is 13.1 Å². The molecule has 2 rings (SSSR count). The van der Waals surface area contributed by atoms with Gasteiger partial charge in [0.1, 0.15) is 5.82 Å². The van der Waals surface area contributed by atoms with Crippen molar-refractivity contribution in [3.8, 4) is 0 Å². The maximum atomic E-state index is 13.5. The number of benzene rings is 1. The van der Waals surface area contributed by atoms with Gasteiger partial charge in [0.25, 0.3) is 0 Å². The van der Waals surface area contributed by atoms with Crippen molar-refractivity contribution in [2.24, 2.45) is 0 Å². The fourth-order valence-corrected chi connectivity index (χ4v) is 4.06. The number of nitrogens with zero attached hydrogens (tertiary/aromatic N) is 1. The Hall–Kier alpha value is -1.24. The first-order chi connectivity index (χ1) is 9.50. The highest BCUT2D eigenvalue weighted by Gasteiger charge is 2.38. The van der Waals surface area contributed by atoms with Gasteiger partial charge in [-0.25, -0.2) is 12.8 Å². The van der Waals surface area contributed by atoms with E-state index in [4.69, 9.17) is 0 Å². The fourth-order valence-electron chi connectivity index (χ4n) is 2.16. The van der Waals surface area contributed by atoms with E-state index in [1.807, 2.05) is 0 Å². The van der Waals surface area contributed by atoms with Crippen molar-refractivity contribution in [1.29, 1.82) is 0 Å². The summed E-state index contributed by atoms with van der Waals surface area (Å²) >= 11 is 0. The maximum Gasteiger partial charge on any atom is 0.244 e. The summed E-state index contributed by atoms with van der Waals surface area (Å²) in [6.07, 6.45) is 3.26. The average molecular weight is 298 g/mol. The van der Waals surface area contributed by atoms with E-state index in [9.17, 15) is 12.8 Å². The van der Waals surface area contributed by atoms with Crippen LogP contribution in [0.3, 0.4) is 0 Å². The summed E-state index contributed by atoms with van der Waals surface area (Å²) < 4.78 is 40.3. The van der Waals surface area contributed by atoms with Crippen molar-refractivity contribution in [2.75, 3.05) is 13.6 Å². The third-order valence-corrected chi connectivity index (χ3v) is 5.25. The Morgan fingerprint density at radius 2 is 2.20 bits per heavy atom. The molecule has 1 aromatic carbocycles. The molecule has 0 saturated heterocycles. The van der Waals surface area contributed by atoms with Gasteiger partial charge in [0.2, 0.25) is 10.0 Å². The second-order valence-electron chi connectivity index (χ2n) is 4.88. The summed E-state index contributed by atoms with van der Waals surface area (Å²) in [4.78, 5) is 0.0422. The Morgan fingerprint density at radius 1 is 1.50 bits per heavy atom. The maximum absolute atomic E-state index is 13.5. The van der Waals surface area contributed by atoms with Crippen LogP contribution in [0.15, 0.2) is 35.7 Å². The van der Waals surface area contributed by atoms with Gasteiger partial charge in [-0.15, -0.1) is 6.58 Å². The van der Waals surface area contributed by atoms with Crippen molar-refractivity contribution < 1.29 is 12.8 Å². The third-order valence-electron chi connectivity index (χ3n) is 3.25. The quantitative estimate of drug-likeness (QED) is 0.782. The Labute approximate surface area is 119 Å². The molecule has 1 N–H and O–H groups in total. The number of nitrogens with one attached hydrogen (secondary N) is 1. The predicted octanol–water partition coefficient (Wildman–Crippen LogP) is 1.88. The summed E-state index contributed by atoms with van der Waals surface area (Å²) in [7, 11) is -1.97. The smallest absolute Gasteiger partial charge is 0.244 e. The Kier molecular flexibility index (Phi) is 4.57. The van der Waals surface area contributed by atoms with E-state index in [2.05, 4.69) is 11.9 Å². The first kappa shape index (κ1) is 15.2. The lowest BCUT2D eigenvalue weighted by Crippen LogP contribution is -2.34. The largest absolute Gasteiger partial charge is 0.316 e. The van der Waals surface area contributed by atoms with Crippen LogP contribution in [0.4, 0.5) is 4.39 Å². The van der Waals surface area contributed by atoms with Crippen LogP contribution in [-0.2, 0) is 16.6 Å². The molecule has 6 heteroatoms. The van der Waals surface area contributed by atoms with E-state index in [-0.39, 0.29) is 17.5 Å². The van der Waals surface area contributed by atoms with Gasteiger partial charge in [0, 0.05) is 19.1 Å². The number of rotatable bonds is 7. The number of halogens is 1. The van der Waals surface area contributed by atoms with Crippen LogP contribution in [0.25, 0.3) is 0 Å². The standard InChI is InChI=1S/C14H19FN2O2S/c1-3-8-17(13-6-7-13)20(18,19)14-9-12(15)5-4-11(14)10-16-2/h3-5,9,13,16H,1,6-8,10H2,2H3. The van der Waals surface area contributed by atoms with E-state index in [0.29, 0.717) is 12.1 Å². The second-order valence-corrected chi connectivity index (χ2v) is 6.74. The zero-order valence-electron chi connectivity index (χ0n) is 11.5. The van der Waals surface area contributed by atoms with Crippen LogP contribution in [-0.4, -0.2) is 32.4 Å². The van der Waals surface area contributed by atoms with Crippen LogP contribution >= 0.6 is 0 Å². The molecule has 1 saturated carbocycles. The number of sulfonamides is 1. The van der Waals surface area contributed by atoms with Crippen LogP contribution in [0.1, 0.15) is 18.4 Å². The van der Waals surface area contributed by atoms with Gasteiger partial charge in [-0.3, -0.25) is 0 Å². The van der Waals surface area contributed by atoms with E-state index in [1.165, 1.54) is 16.4 Å². The molecule has 1 aliphatic carbocycles. The molecule has 1 aliphatic rings. The van der Waals surface area contributed by atoms with Crippen molar-refractivity contribution in [3.63, 3.8) is 0 Å². The molecule has 20 heavy (non-hydrogen) atoms. The van der Waals surface area contributed by atoms with Gasteiger partial charge in [-0.2, -0.15) is 4.31 Å². The first-order valence-electron chi connectivity index (χ1n) is 6.56. The number of hydrogen-bond donors (Lipinski definition) is 1. The molecular weight excluding hydrogens is 279 g/mol. The lowest BCUT2D eigenvalue weighted by Gasteiger charge is -2.22. The molecule has 1 aromatic rings. The van der Waals surface area contributed by atoms with Crippen LogP contribution < -0.4 is 5.32 Å². The van der Waals surface area contributed by atoms with Crippen molar-refractivity contribution in [3.05, 3.63) is 42.2 Å². The molecule has 0 heterocycles. The topological polar surface area (TPSA) is 49.4 Å². The minimum atomic E-state index is -3.69. The van der Waals surface area contributed by atoms with Gasteiger partial charge in [-0.05, 0) is 37.6 Å². The zero-order chi connectivity index (χ0) is 14.8. The minimum absolute atomic E-state index is 0.0173. The van der Waals surface area contributed by atoms with Gasteiger partial charge >= 0.3 is 0 Å². The van der Waals surface area contributed by atoms with Crippen LogP contribution in [0.5, 0.6) is 0 Å². The van der Waals surface area contributed by atoms with E-state index < -0.39 is 15.8 Å². The molecular formula is C14H19FN2O2S. The van der Waals surface area contributed by atoms with Crippen LogP contribution in [0.2, 0.25) is 0 Å². The molecule has 4 nitrogen and oxygen atoms in total. The Bertz CT molecular complexity index is 597. The summed E-state index contributed by atoms with van der Waals surface area (Å²) in [5.41, 5.74) is 0.573. The Balaban J connectivity index is 2.46. The predicted molar refractivity (Wildman–Crippen MR) is 76.3 cm³/mol. The normalized spacial score (nSPS) is 15.6. The number of hydrogen-bond acceptors (Lipinski definition) is 3. The molecule has 0 bridgehead atoms. The molecule has 0 amide bonds. The summed E-state index contributed by atoms with van der Waals surface area (Å²) in [5, 5.41) is 2.91. The molecule has 0 aromatic heterocycles. The lowest BCUT2D eigenvalue weighted by molar-refractivity contribution is 0.434. The summed E-state index contributed by atoms with van der Waals surface area (Å²) in [5.74, 6) is -0.544. The van der Waals surface area contributed by atoms with Gasteiger partial charge in [0.05, 0.1) is 4.90 Å². The molecule has 110 valence electrons.